The van der Waals surface area contributed by atoms with Gasteiger partial charge in [0.25, 0.3) is 5.91 Å². The summed E-state index contributed by atoms with van der Waals surface area (Å²) in [5.41, 5.74) is 8.53. The van der Waals surface area contributed by atoms with E-state index in [-0.39, 0.29) is 17.1 Å². The minimum Gasteiger partial charge on any atom is -0.422 e. The molecule has 0 fully saturated rings. The maximum Gasteiger partial charge on any atom is 0.349 e. The monoisotopic (exact) mass is 366 g/mol. The van der Waals surface area contributed by atoms with Gasteiger partial charge in [0.15, 0.2) is 0 Å². The summed E-state index contributed by atoms with van der Waals surface area (Å²) in [6.07, 6.45) is 0.399. The van der Waals surface area contributed by atoms with Crippen LogP contribution in [0.15, 0.2) is 63.8 Å². The molecule has 3 aromatic rings. The lowest BCUT2D eigenvalue weighted by Gasteiger charge is -2.13. The van der Waals surface area contributed by atoms with Crippen LogP contribution in [0.1, 0.15) is 15.9 Å². The van der Waals surface area contributed by atoms with Crippen molar-refractivity contribution >= 4 is 28.5 Å². The summed E-state index contributed by atoms with van der Waals surface area (Å²) in [6, 6.07) is 14.8. The van der Waals surface area contributed by atoms with Crippen molar-refractivity contribution in [3.8, 4) is 0 Å². The molecule has 0 unspecified atom stereocenters. The van der Waals surface area contributed by atoms with Crippen LogP contribution in [0.4, 0.5) is 5.69 Å². The lowest BCUT2D eigenvalue weighted by Crippen LogP contribution is -2.37. The number of anilines is 1. The number of nitrogens with two attached hydrogens (primary N) is 2. The Kier molecular flexibility index (Phi) is 5.30. The number of nitrogen functional groups attached to an aromatic ring is 1. The minimum atomic E-state index is -0.799. The lowest BCUT2D eigenvalue weighted by atomic mass is 10.1. The first-order chi connectivity index (χ1) is 13.0. The SMILES string of the molecule is NNC(=O)c1cc2cc(NC(=O)[C@@H](N)Cc3ccccc3)ccc2oc1=O. The highest BCUT2D eigenvalue weighted by Crippen LogP contribution is 2.19. The summed E-state index contributed by atoms with van der Waals surface area (Å²) < 4.78 is 5.09. The average Bonchev–Trinajstić information content (AvgIpc) is 2.67. The molecule has 0 bridgehead atoms. The first-order valence-electron chi connectivity index (χ1n) is 8.17. The molecule has 2 aromatic carbocycles. The van der Waals surface area contributed by atoms with E-state index in [2.05, 4.69) is 5.32 Å². The molecular weight excluding hydrogens is 348 g/mol. The van der Waals surface area contributed by atoms with Crippen LogP contribution in [0.5, 0.6) is 0 Å². The van der Waals surface area contributed by atoms with E-state index < -0.39 is 17.6 Å². The molecule has 0 saturated carbocycles. The molecule has 0 aliphatic carbocycles. The molecule has 1 heterocycles. The van der Waals surface area contributed by atoms with Gasteiger partial charge in [0.05, 0.1) is 6.04 Å². The third-order valence-electron chi connectivity index (χ3n) is 4.01. The molecule has 0 saturated heterocycles. The van der Waals surface area contributed by atoms with Gasteiger partial charge in [0.1, 0.15) is 11.1 Å². The van der Waals surface area contributed by atoms with Gasteiger partial charge in [-0.1, -0.05) is 30.3 Å². The van der Waals surface area contributed by atoms with Gasteiger partial charge in [0, 0.05) is 11.1 Å². The molecule has 1 atom stereocenters. The van der Waals surface area contributed by atoms with Crippen LogP contribution < -0.4 is 27.9 Å². The second-order valence-corrected chi connectivity index (χ2v) is 5.96. The Morgan fingerprint density at radius 2 is 1.81 bits per heavy atom. The molecule has 8 nitrogen and oxygen atoms in total. The number of hydrogen-bond acceptors (Lipinski definition) is 6. The molecule has 3 rings (SSSR count). The normalized spacial score (nSPS) is 11.8. The summed E-state index contributed by atoms with van der Waals surface area (Å²) >= 11 is 0. The molecule has 8 heteroatoms. The number of carbonyl (C=O) groups is 2. The molecule has 0 radical (unpaired) electrons. The number of benzene rings is 2. The van der Waals surface area contributed by atoms with Gasteiger partial charge in [-0.25, -0.2) is 10.6 Å². The fraction of sp³-hybridized carbons (Fsp3) is 0.105. The number of fused-ring (bicyclic) bond motifs is 1. The summed E-state index contributed by atoms with van der Waals surface area (Å²) in [5, 5.41) is 3.18. The van der Waals surface area contributed by atoms with Crippen molar-refractivity contribution in [2.24, 2.45) is 11.6 Å². The van der Waals surface area contributed by atoms with E-state index in [4.69, 9.17) is 16.0 Å². The van der Waals surface area contributed by atoms with Crippen molar-refractivity contribution in [1.82, 2.24) is 5.43 Å². The minimum absolute atomic E-state index is 0.228. The fourth-order valence-corrected chi connectivity index (χ4v) is 2.63. The fourth-order valence-electron chi connectivity index (χ4n) is 2.63. The highest BCUT2D eigenvalue weighted by molar-refractivity contribution is 5.99. The molecule has 6 N–H and O–H groups in total. The van der Waals surface area contributed by atoms with Crippen LogP contribution in [-0.2, 0) is 11.2 Å². The molecule has 0 spiro atoms. The molecular formula is C19H18N4O4. The van der Waals surface area contributed by atoms with E-state index in [1.807, 2.05) is 35.8 Å². The highest BCUT2D eigenvalue weighted by atomic mass is 16.4. The van der Waals surface area contributed by atoms with Gasteiger partial charge in [-0.2, -0.15) is 0 Å². The zero-order valence-electron chi connectivity index (χ0n) is 14.3. The number of carbonyl (C=O) groups excluding carboxylic acids is 2. The van der Waals surface area contributed by atoms with Gasteiger partial charge in [-0.3, -0.25) is 15.0 Å². The quantitative estimate of drug-likeness (QED) is 0.229. The van der Waals surface area contributed by atoms with E-state index in [1.165, 1.54) is 12.1 Å². The number of hydrazine groups is 1. The first kappa shape index (κ1) is 18.3. The average molecular weight is 366 g/mol. The maximum atomic E-state index is 12.3. The van der Waals surface area contributed by atoms with Crippen LogP contribution >= 0.6 is 0 Å². The van der Waals surface area contributed by atoms with Crippen LogP contribution in [0.3, 0.4) is 0 Å². The number of amides is 2. The van der Waals surface area contributed by atoms with Gasteiger partial charge in [-0.15, -0.1) is 0 Å². The standard InChI is InChI=1S/C19H18N4O4/c20-15(8-11-4-2-1-3-5-11)18(25)22-13-6-7-16-12(9-13)10-14(17(24)23-21)19(26)27-16/h1-7,9-10,15H,8,20-21H2,(H,22,25)(H,23,24)/t15-/m0/s1. The molecule has 27 heavy (non-hydrogen) atoms. The molecule has 0 aliphatic rings. The number of rotatable bonds is 5. The molecule has 2 amide bonds. The third kappa shape index (κ3) is 4.20. The van der Waals surface area contributed by atoms with Gasteiger partial charge >= 0.3 is 5.63 Å². The zero-order chi connectivity index (χ0) is 19.4. The second kappa shape index (κ2) is 7.81. The van der Waals surface area contributed by atoms with Crippen molar-refractivity contribution in [1.29, 1.82) is 0 Å². The Morgan fingerprint density at radius 1 is 1.07 bits per heavy atom. The van der Waals surface area contributed by atoms with Crippen molar-refractivity contribution < 1.29 is 14.0 Å². The Labute approximate surface area is 154 Å². The second-order valence-electron chi connectivity index (χ2n) is 5.96. The summed E-state index contributed by atoms with van der Waals surface area (Å²) in [7, 11) is 0. The summed E-state index contributed by atoms with van der Waals surface area (Å²) in [5.74, 6) is 3.95. The largest absolute Gasteiger partial charge is 0.422 e. The Morgan fingerprint density at radius 3 is 2.52 bits per heavy atom. The predicted octanol–water partition coefficient (Wildman–Crippen LogP) is 0.905. The van der Waals surface area contributed by atoms with E-state index >= 15 is 0 Å². The Bertz CT molecular complexity index is 1050. The predicted molar refractivity (Wildman–Crippen MR) is 101 cm³/mol. The Balaban J connectivity index is 1.80. The van der Waals surface area contributed by atoms with Crippen LogP contribution in [0.2, 0.25) is 0 Å². The first-order valence-corrected chi connectivity index (χ1v) is 8.17. The molecule has 0 aliphatic heterocycles. The molecule has 1 aromatic heterocycles. The van der Waals surface area contributed by atoms with Crippen molar-refractivity contribution in [2.45, 2.75) is 12.5 Å². The summed E-state index contributed by atoms with van der Waals surface area (Å²) in [6.45, 7) is 0. The van der Waals surface area contributed by atoms with Crippen LogP contribution in [0, 0.1) is 0 Å². The topological polar surface area (TPSA) is 140 Å². The van der Waals surface area contributed by atoms with E-state index in [0.29, 0.717) is 17.5 Å². The van der Waals surface area contributed by atoms with Crippen molar-refractivity contribution in [3.63, 3.8) is 0 Å². The lowest BCUT2D eigenvalue weighted by molar-refractivity contribution is -0.117. The maximum absolute atomic E-state index is 12.3. The number of hydrogen-bond donors (Lipinski definition) is 4. The van der Waals surface area contributed by atoms with Crippen LogP contribution in [0.25, 0.3) is 11.0 Å². The molecule has 138 valence electrons. The smallest absolute Gasteiger partial charge is 0.349 e. The third-order valence-corrected chi connectivity index (χ3v) is 4.01. The summed E-state index contributed by atoms with van der Waals surface area (Å²) in [4.78, 5) is 35.7. The highest BCUT2D eigenvalue weighted by Gasteiger charge is 2.16. The zero-order valence-corrected chi connectivity index (χ0v) is 14.3. The van der Waals surface area contributed by atoms with Gasteiger partial charge in [-0.05, 0) is 36.2 Å². The van der Waals surface area contributed by atoms with Gasteiger partial charge in [0.2, 0.25) is 5.91 Å². The number of nitrogens with one attached hydrogen (secondary N) is 2. The van der Waals surface area contributed by atoms with E-state index in [0.717, 1.165) is 5.56 Å². The van der Waals surface area contributed by atoms with E-state index in [1.54, 1.807) is 12.1 Å². The van der Waals surface area contributed by atoms with Crippen molar-refractivity contribution in [3.05, 3.63) is 76.1 Å². The van der Waals surface area contributed by atoms with Crippen LogP contribution in [-0.4, -0.2) is 17.9 Å². The van der Waals surface area contributed by atoms with Crippen molar-refractivity contribution in [2.75, 3.05) is 5.32 Å². The van der Waals surface area contributed by atoms with E-state index in [9.17, 15) is 14.4 Å². The van der Waals surface area contributed by atoms with Gasteiger partial charge < -0.3 is 15.5 Å². The Hall–Kier alpha value is -3.49.